The largest absolute Gasteiger partial charge is 0.387 e. The number of fused-ring (bicyclic) bond motifs is 1. The standard InChI is InChI=1S/C15H16N6O/c22-13(11-4-2-1-3-5-11)10-20(12-6-7-12)15-9-8-14-16-18-19-21(14)17-15/h1-5,8-9,12-13,22H,6-7,10H2. The highest BCUT2D eigenvalue weighted by Crippen LogP contribution is 2.32. The fourth-order valence-electron chi connectivity index (χ4n) is 2.58. The Kier molecular flexibility index (Phi) is 3.19. The molecule has 0 aliphatic heterocycles. The number of hydrogen-bond donors (Lipinski definition) is 1. The Morgan fingerprint density at radius 3 is 2.77 bits per heavy atom. The van der Waals surface area contributed by atoms with Gasteiger partial charge in [0.25, 0.3) is 0 Å². The van der Waals surface area contributed by atoms with E-state index in [1.54, 1.807) is 0 Å². The number of benzene rings is 1. The van der Waals surface area contributed by atoms with Crippen LogP contribution in [0.25, 0.3) is 5.65 Å². The van der Waals surface area contributed by atoms with Gasteiger partial charge in [-0.2, -0.15) is 0 Å². The third-order valence-corrected chi connectivity index (χ3v) is 3.89. The van der Waals surface area contributed by atoms with Crippen molar-refractivity contribution < 1.29 is 5.11 Å². The Morgan fingerprint density at radius 1 is 1.18 bits per heavy atom. The molecule has 0 bridgehead atoms. The van der Waals surface area contributed by atoms with Gasteiger partial charge in [-0.3, -0.25) is 0 Å². The Hall–Kier alpha value is -2.54. The van der Waals surface area contributed by atoms with Gasteiger partial charge in [0.1, 0.15) is 0 Å². The molecule has 1 saturated carbocycles. The van der Waals surface area contributed by atoms with Gasteiger partial charge >= 0.3 is 0 Å². The zero-order valence-electron chi connectivity index (χ0n) is 11.9. The molecule has 0 amide bonds. The summed E-state index contributed by atoms with van der Waals surface area (Å²) in [6.07, 6.45) is 1.70. The van der Waals surface area contributed by atoms with Crippen molar-refractivity contribution in [3.8, 4) is 0 Å². The summed E-state index contributed by atoms with van der Waals surface area (Å²) in [6.45, 7) is 0.509. The van der Waals surface area contributed by atoms with Crippen LogP contribution in [0.5, 0.6) is 0 Å². The van der Waals surface area contributed by atoms with Crippen LogP contribution in [-0.2, 0) is 0 Å². The summed E-state index contributed by atoms with van der Waals surface area (Å²) in [6, 6.07) is 13.9. The molecule has 112 valence electrons. The van der Waals surface area contributed by atoms with Gasteiger partial charge in [0, 0.05) is 12.6 Å². The Labute approximate surface area is 127 Å². The quantitative estimate of drug-likeness (QED) is 0.762. The van der Waals surface area contributed by atoms with Gasteiger partial charge in [0.2, 0.25) is 0 Å². The molecule has 1 unspecified atom stereocenters. The van der Waals surface area contributed by atoms with Crippen molar-refractivity contribution in [1.82, 2.24) is 25.3 Å². The highest BCUT2D eigenvalue weighted by atomic mass is 16.3. The van der Waals surface area contributed by atoms with Gasteiger partial charge in [-0.15, -0.1) is 14.8 Å². The van der Waals surface area contributed by atoms with E-state index in [4.69, 9.17) is 0 Å². The molecule has 1 aliphatic carbocycles. The minimum atomic E-state index is -0.548. The van der Waals surface area contributed by atoms with E-state index in [1.807, 2.05) is 42.5 Å². The van der Waals surface area contributed by atoms with E-state index < -0.39 is 6.10 Å². The molecule has 3 aromatic rings. The molecule has 4 rings (SSSR count). The lowest BCUT2D eigenvalue weighted by Crippen LogP contribution is -2.32. The summed E-state index contributed by atoms with van der Waals surface area (Å²) in [5.74, 6) is 0.789. The molecule has 0 radical (unpaired) electrons. The summed E-state index contributed by atoms with van der Waals surface area (Å²) >= 11 is 0. The summed E-state index contributed by atoms with van der Waals surface area (Å²) < 4.78 is 1.42. The van der Waals surface area contributed by atoms with Crippen LogP contribution in [0.2, 0.25) is 0 Å². The van der Waals surface area contributed by atoms with Gasteiger partial charge in [0.15, 0.2) is 11.5 Å². The number of anilines is 1. The Morgan fingerprint density at radius 2 is 2.00 bits per heavy atom. The number of aliphatic hydroxyl groups excluding tert-OH is 1. The van der Waals surface area contributed by atoms with Crippen molar-refractivity contribution in [3.63, 3.8) is 0 Å². The molecule has 2 aromatic heterocycles. The van der Waals surface area contributed by atoms with Crippen LogP contribution >= 0.6 is 0 Å². The number of tetrazole rings is 1. The number of nitrogens with zero attached hydrogens (tertiary/aromatic N) is 6. The number of hydrogen-bond acceptors (Lipinski definition) is 6. The number of aromatic nitrogens is 5. The van der Waals surface area contributed by atoms with Crippen LogP contribution in [0.4, 0.5) is 5.82 Å². The summed E-state index contributed by atoms with van der Waals surface area (Å²) in [7, 11) is 0. The molecule has 1 N–H and O–H groups in total. The zero-order valence-corrected chi connectivity index (χ0v) is 11.9. The Balaban J connectivity index is 1.60. The maximum Gasteiger partial charge on any atom is 0.200 e. The van der Waals surface area contributed by atoms with Crippen LogP contribution in [0, 0.1) is 0 Å². The van der Waals surface area contributed by atoms with E-state index in [1.165, 1.54) is 4.63 Å². The molecule has 22 heavy (non-hydrogen) atoms. The lowest BCUT2D eigenvalue weighted by molar-refractivity contribution is 0.182. The maximum atomic E-state index is 10.5. The average molecular weight is 296 g/mol. The second kappa shape index (κ2) is 5.34. The third kappa shape index (κ3) is 2.50. The van der Waals surface area contributed by atoms with Crippen LogP contribution in [0.3, 0.4) is 0 Å². The van der Waals surface area contributed by atoms with Crippen molar-refractivity contribution in [2.45, 2.75) is 25.0 Å². The normalized spacial score (nSPS) is 15.9. The first kappa shape index (κ1) is 13.1. The first-order valence-corrected chi connectivity index (χ1v) is 7.36. The lowest BCUT2D eigenvalue weighted by Gasteiger charge is -2.26. The monoisotopic (exact) mass is 296 g/mol. The number of aliphatic hydroxyl groups is 1. The number of rotatable bonds is 5. The molecule has 7 heteroatoms. The molecular formula is C15H16N6O. The fourth-order valence-corrected chi connectivity index (χ4v) is 2.58. The van der Waals surface area contributed by atoms with Crippen LogP contribution in [-0.4, -0.2) is 42.9 Å². The van der Waals surface area contributed by atoms with E-state index in [0.29, 0.717) is 18.2 Å². The van der Waals surface area contributed by atoms with Gasteiger partial charge < -0.3 is 10.0 Å². The predicted molar refractivity (Wildman–Crippen MR) is 80.3 cm³/mol. The minimum Gasteiger partial charge on any atom is -0.387 e. The summed E-state index contributed by atoms with van der Waals surface area (Å²) in [5.41, 5.74) is 1.53. The van der Waals surface area contributed by atoms with E-state index in [-0.39, 0.29) is 0 Å². The van der Waals surface area contributed by atoms with E-state index in [0.717, 1.165) is 24.2 Å². The molecule has 1 aromatic carbocycles. The SMILES string of the molecule is OC(CN(c1ccc2nnnn2n1)C1CC1)c1ccccc1. The molecule has 1 fully saturated rings. The molecule has 0 saturated heterocycles. The Bertz CT molecular complexity index is 770. The van der Waals surface area contributed by atoms with Gasteiger partial charge in [-0.25, -0.2) is 0 Å². The van der Waals surface area contributed by atoms with Crippen molar-refractivity contribution in [1.29, 1.82) is 0 Å². The predicted octanol–water partition coefficient (Wildman–Crippen LogP) is 1.22. The van der Waals surface area contributed by atoms with E-state index in [2.05, 4.69) is 25.5 Å². The van der Waals surface area contributed by atoms with Gasteiger partial charge in [0.05, 0.1) is 6.10 Å². The van der Waals surface area contributed by atoms with Crippen molar-refractivity contribution in [2.75, 3.05) is 11.4 Å². The van der Waals surface area contributed by atoms with Gasteiger partial charge in [-0.05, 0) is 41.0 Å². The highest BCUT2D eigenvalue weighted by molar-refractivity contribution is 5.46. The van der Waals surface area contributed by atoms with Crippen LogP contribution < -0.4 is 4.90 Å². The van der Waals surface area contributed by atoms with Crippen molar-refractivity contribution in [3.05, 3.63) is 48.0 Å². The van der Waals surface area contributed by atoms with Crippen LogP contribution in [0.1, 0.15) is 24.5 Å². The average Bonchev–Trinajstić information content (AvgIpc) is 3.29. The van der Waals surface area contributed by atoms with Crippen molar-refractivity contribution >= 4 is 11.5 Å². The molecule has 0 spiro atoms. The second-order valence-electron chi connectivity index (χ2n) is 5.53. The summed E-state index contributed by atoms with van der Waals surface area (Å²) in [5, 5.41) is 26.2. The van der Waals surface area contributed by atoms with E-state index >= 15 is 0 Å². The molecule has 7 nitrogen and oxygen atoms in total. The lowest BCUT2D eigenvalue weighted by atomic mass is 10.1. The molecule has 1 atom stereocenters. The molecule has 2 heterocycles. The molecule has 1 aliphatic rings. The first-order valence-electron chi connectivity index (χ1n) is 7.36. The highest BCUT2D eigenvalue weighted by Gasteiger charge is 2.32. The van der Waals surface area contributed by atoms with Gasteiger partial charge in [-0.1, -0.05) is 30.3 Å². The molecular weight excluding hydrogens is 280 g/mol. The fraction of sp³-hybridized carbons (Fsp3) is 0.333. The van der Waals surface area contributed by atoms with Crippen LogP contribution in [0.15, 0.2) is 42.5 Å². The first-order chi connectivity index (χ1) is 10.8. The topological polar surface area (TPSA) is 79.4 Å². The zero-order chi connectivity index (χ0) is 14.9. The third-order valence-electron chi connectivity index (χ3n) is 3.89. The smallest absolute Gasteiger partial charge is 0.200 e. The second-order valence-corrected chi connectivity index (χ2v) is 5.53. The minimum absolute atomic E-state index is 0.430. The van der Waals surface area contributed by atoms with Crippen molar-refractivity contribution in [2.24, 2.45) is 0 Å². The van der Waals surface area contributed by atoms with E-state index in [9.17, 15) is 5.11 Å². The summed E-state index contributed by atoms with van der Waals surface area (Å²) in [4.78, 5) is 2.14. The maximum absolute atomic E-state index is 10.5.